The third-order valence-electron chi connectivity index (χ3n) is 2.10. The van der Waals surface area contributed by atoms with Crippen molar-refractivity contribution >= 4 is 0 Å². The highest BCUT2D eigenvalue weighted by molar-refractivity contribution is 5.47. The Labute approximate surface area is 92.8 Å². The molecule has 0 spiro atoms. The van der Waals surface area contributed by atoms with Gasteiger partial charge in [-0.3, -0.25) is 0 Å². The van der Waals surface area contributed by atoms with Crippen molar-refractivity contribution in [2.75, 3.05) is 7.11 Å². The van der Waals surface area contributed by atoms with Crippen LogP contribution in [0.3, 0.4) is 0 Å². The molecular formula is C11H15F2NO2. The van der Waals surface area contributed by atoms with E-state index in [9.17, 15) is 13.9 Å². The highest BCUT2D eigenvalue weighted by Crippen LogP contribution is 2.36. The summed E-state index contributed by atoms with van der Waals surface area (Å²) in [5.41, 5.74) is 4.98. The van der Waals surface area contributed by atoms with Gasteiger partial charge in [-0.1, -0.05) is 0 Å². The van der Waals surface area contributed by atoms with Gasteiger partial charge >= 0.3 is 0 Å². The number of rotatable bonds is 3. The maximum Gasteiger partial charge on any atom is 0.197 e. The van der Waals surface area contributed by atoms with Crippen molar-refractivity contribution < 1.29 is 18.6 Å². The molecule has 0 aliphatic carbocycles. The molecule has 90 valence electrons. The van der Waals surface area contributed by atoms with Crippen LogP contribution in [-0.2, 0) is 6.42 Å². The molecule has 0 atom stereocenters. The first-order valence-electron chi connectivity index (χ1n) is 4.79. The second-order valence-electron chi connectivity index (χ2n) is 4.37. The van der Waals surface area contributed by atoms with Crippen LogP contribution in [0.1, 0.15) is 19.4 Å². The highest BCUT2D eigenvalue weighted by Gasteiger charge is 2.23. The van der Waals surface area contributed by atoms with Crippen LogP contribution < -0.4 is 10.5 Å². The second kappa shape index (κ2) is 4.25. The maximum atomic E-state index is 13.4. The monoisotopic (exact) mass is 231 g/mol. The lowest BCUT2D eigenvalue weighted by molar-refractivity contribution is 0.340. The minimum Gasteiger partial charge on any atom is -0.504 e. The molecule has 16 heavy (non-hydrogen) atoms. The fraction of sp³-hybridized carbons (Fsp3) is 0.455. The number of phenols is 1. The number of ether oxygens (including phenoxy) is 1. The zero-order chi connectivity index (χ0) is 12.5. The van der Waals surface area contributed by atoms with Crippen LogP contribution in [0.15, 0.2) is 6.07 Å². The Morgan fingerprint density at radius 3 is 2.38 bits per heavy atom. The summed E-state index contributed by atoms with van der Waals surface area (Å²) in [5, 5.41) is 9.65. The molecule has 0 bridgehead atoms. The van der Waals surface area contributed by atoms with Crippen LogP contribution in [0.25, 0.3) is 0 Å². The smallest absolute Gasteiger partial charge is 0.197 e. The van der Waals surface area contributed by atoms with Crippen molar-refractivity contribution in [1.29, 1.82) is 0 Å². The third-order valence-corrected chi connectivity index (χ3v) is 2.10. The van der Waals surface area contributed by atoms with Crippen molar-refractivity contribution in [3.63, 3.8) is 0 Å². The van der Waals surface area contributed by atoms with Gasteiger partial charge in [-0.15, -0.1) is 0 Å². The first-order chi connectivity index (χ1) is 7.26. The van der Waals surface area contributed by atoms with E-state index in [1.807, 2.05) is 0 Å². The van der Waals surface area contributed by atoms with Crippen LogP contribution in [0, 0.1) is 11.6 Å². The van der Waals surface area contributed by atoms with E-state index in [1.165, 1.54) is 7.11 Å². The Morgan fingerprint density at radius 2 is 1.94 bits per heavy atom. The summed E-state index contributed by atoms with van der Waals surface area (Å²) in [6.07, 6.45) is 0.0846. The molecule has 0 radical (unpaired) electrons. The molecular weight excluding hydrogens is 216 g/mol. The van der Waals surface area contributed by atoms with Gasteiger partial charge in [0, 0.05) is 17.2 Å². The lowest BCUT2D eigenvalue weighted by Gasteiger charge is -2.20. The molecule has 0 amide bonds. The Morgan fingerprint density at radius 1 is 1.38 bits per heavy atom. The molecule has 0 heterocycles. The predicted octanol–water partition coefficient (Wildman–Crippen LogP) is 1.96. The SMILES string of the molecule is COc1c(F)cc(F)c(CC(C)(C)N)c1O. The van der Waals surface area contributed by atoms with E-state index >= 15 is 0 Å². The van der Waals surface area contributed by atoms with E-state index in [1.54, 1.807) is 13.8 Å². The number of halogens is 2. The summed E-state index contributed by atoms with van der Waals surface area (Å²) >= 11 is 0. The molecule has 0 aliphatic heterocycles. The molecule has 0 saturated heterocycles. The molecule has 0 fully saturated rings. The van der Waals surface area contributed by atoms with Gasteiger partial charge in [0.2, 0.25) is 0 Å². The number of benzene rings is 1. The minimum absolute atomic E-state index is 0.0363. The first kappa shape index (κ1) is 12.7. The zero-order valence-corrected chi connectivity index (χ0v) is 9.47. The third kappa shape index (κ3) is 2.61. The summed E-state index contributed by atoms with van der Waals surface area (Å²) in [7, 11) is 1.20. The van der Waals surface area contributed by atoms with E-state index < -0.39 is 22.9 Å². The fourth-order valence-electron chi connectivity index (χ4n) is 1.45. The van der Waals surface area contributed by atoms with Gasteiger partial charge in [0.15, 0.2) is 17.3 Å². The average Bonchev–Trinajstić information content (AvgIpc) is 2.11. The van der Waals surface area contributed by atoms with Gasteiger partial charge in [0.1, 0.15) is 5.82 Å². The average molecular weight is 231 g/mol. The molecule has 5 heteroatoms. The van der Waals surface area contributed by atoms with Crippen molar-refractivity contribution in [3.05, 3.63) is 23.3 Å². The van der Waals surface area contributed by atoms with Gasteiger partial charge in [-0.2, -0.15) is 0 Å². The van der Waals surface area contributed by atoms with Gasteiger partial charge in [0.25, 0.3) is 0 Å². The highest BCUT2D eigenvalue weighted by atomic mass is 19.1. The minimum atomic E-state index is -0.934. The van der Waals surface area contributed by atoms with Crippen LogP contribution in [0.2, 0.25) is 0 Å². The molecule has 0 unspecified atom stereocenters. The van der Waals surface area contributed by atoms with E-state index in [2.05, 4.69) is 4.74 Å². The van der Waals surface area contributed by atoms with Crippen molar-refractivity contribution in [1.82, 2.24) is 0 Å². The molecule has 3 N–H and O–H groups in total. The van der Waals surface area contributed by atoms with Crippen LogP contribution in [0.5, 0.6) is 11.5 Å². The van der Waals surface area contributed by atoms with Gasteiger partial charge in [-0.05, 0) is 20.3 Å². The summed E-state index contributed by atoms with van der Waals surface area (Å²) in [4.78, 5) is 0. The topological polar surface area (TPSA) is 55.5 Å². The van der Waals surface area contributed by atoms with E-state index in [0.717, 1.165) is 0 Å². The number of hydrogen-bond acceptors (Lipinski definition) is 3. The molecule has 1 aromatic rings. The van der Waals surface area contributed by atoms with Gasteiger partial charge in [0.05, 0.1) is 7.11 Å². The number of phenolic OH excluding ortho intramolecular Hbond substituents is 1. The van der Waals surface area contributed by atoms with E-state index in [4.69, 9.17) is 5.73 Å². The number of nitrogens with two attached hydrogens (primary N) is 1. The Bertz CT molecular complexity index is 400. The van der Waals surface area contributed by atoms with Gasteiger partial charge < -0.3 is 15.6 Å². The molecule has 0 aliphatic rings. The largest absolute Gasteiger partial charge is 0.504 e. The second-order valence-corrected chi connectivity index (χ2v) is 4.37. The van der Waals surface area contributed by atoms with Crippen LogP contribution in [0.4, 0.5) is 8.78 Å². The van der Waals surface area contributed by atoms with Gasteiger partial charge in [-0.25, -0.2) is 8.78 Å². The van der Waals surface area contributed by atoms with Crippen LogP contribution >= 0.6 is 0 Å². The lowest BCUT2D eigenvalue weighted by atomic mass is 9.95. The van der Waals surface area contributed by atoms with E-state index in [-0.39, 0.29) is 17.7 Å². The summed E-state index contributed by atoms with van der Waals surface area (Å²) < 4.78 is 31.3. The maximum absolute atomic E-state index is 13.4. The molecule has 0 saturated carbocycles. The Hall–Kier alpha value is -1.36. The van der Waals surface area contributed by atoms with Crippen molar-refractivity contribution in [3.8, 4) is 11.5 Å². The normalized spacial score (nSPS) is 11.6. The zero-order valence-electron chi connectivity index (χ0n) is 9.47. The Balaban J connectivity index is 3.28. The number of aromatic hydroxyl groups is 1. The lowest BCUT2D eigenvalue weighted by Crippen LogP contribution is -2.34. The summed E-state index contributed by atoms with van der Waals surface area (Å²) in [6.45, 7) is 3.36. The fourth-order valence-corrected chi connectivity index (χ4v) is 1.45. The number of hydrogen-bond donors (Lipinski definition) is 2. The molecule has 1 aromatic carbocycles. The number of methoxy groups -OCH3 is 1. The Kier molecular flexibility index (Phi) is 3.38. The summed E-state index contributed by atoms with van der Waals surface area (Å²) in [5.74, 6) is -2.65. The quantitative estimate of drug-likeness (QED) is 0.836. The van der Waals surface area contributed by atoms with E-state index in [0.29, 0.717) is 6.07 Å². The van der Waals surface area contributed by atoms with Crippen molar-refractivity contribution in [2.45, 2.75) is 25.8 Å². The molecule has 3 nitrogen and oxygen atoms in total. The molecule has 1 rings (SSSR count). The summed E-state index contributed by atoms with van der Waals surface area (Å²) in [6, 6.07) is 0.680. The predicted molar refractivity (Wildman–Crippen MR) is 56.5 cm³/mol. The van der Waals surface area contributed by atoms with Crippen molar-refractivity contribution in [2.24, 2.45) is 5.73 Å². The molecule has 0 aromatic heterocycles. The first-order valence-corrected chi connectivity index (χ1v) is 4.79. The van der Waals surface area contributed by atoms with Crippen LogP contribution in [-0.4, -0.2) is 17.8 Å². The standard InChI is InChI=1S/C11H15F2NO2/c1-11(2,14)5-6-7(12)4-8(13)10(16-3)9(6)15/h4,15H,5,14H2,1-3H3.